The third kappa shape index (κ3) is 3.91. The average Bonchev–Trinajstić information content (AvgIpc) is 3.01. The number of ether oxygens (including phenoxy) is 1. The van der Waals surface area contributed by atoms with E-state index in [0.29, 0.717) is 12.2 Å². The fraction of sp³-hybridized carbons (Fsp3) is 0.562. The van der Waals surface area contributed by atoms with E-state index < -0.39 is 16.0 Å². The van der Waals surface area contributed by atoms with Gasteiger partial charge in [-0.2, -0.15) is 4.31 Å². The molecule has 0 aromatic heterocycles. The number of methoxy groups -OCH3 is 1. The van der Waals surface area contributed by atoms with Gasteiger partial charge in [0, 0.05) is 19.7 Å². The maximum Gasteiger partial charge on any atom is 0.335 e. The fourth-order valence-corrected chi connectivity index (χ4v) is 4.70. The summed E-state index contributed by atoms with van der Waals surface area (Å²) in [5, 5.41) is 9.22. The second-order valence-electron chi connectivity index (χ2n) is 5.83. The van der Waals surface area contributed by atoms with E-state index in [1.165, 1.54) is 23.5 Å². The minimum Gasteiger partial charge on any atom is -0.478 e. The van der Waals surface area contributed by atoms with Gasteiger partial charge in [0.05, 0.1) is 17.1 Å². The Balaban J connectivity index is 2.40. The number of hydrogen-bond acceptors (Lipinski definition) is 4. The van der Waals surface area contributed by atoms with Crippen LogP contribution in [0.2, 0.25) is 0 Å². The van der Waals surface area contributed by atoms with Crippen molar-refractivity contribution < 1.29 is 23.1 Å². The summed E-state index contributed by atoms with van der Waals surface area (Å²) in [7, 11) is -2.20. The third-order valence-electron chi connectivity index (χ3n) is 4.29. The van der Waals surface area contributed by atoms with Gasteiger partial charge < -0.3 is 9.84 Å². The summed E-state index contributed by atoms with van der Waals surface area (Å²) in [6, 6.07) is 4.23. The van der Waals surface area contributed by atoms with Crippen LogP contribution in [-0.4, -0.2) is 50.1 Å². The Kier molecular flexibility index (Phi) is 5.78. The van der Waals surface area contributed by atoms with Crippen LogP contribution in [-0.2, 0) is 14.8 Å². The minimum atomic E-state index is -3.74. The molecule has 23 heavy (non-hydrogen) atoms. The molecule has 1 aliphatic carbocycles. The van der Waals surface area contributed by atoms with E-state index in [4.69, 9.17) is 4.74 Å². The van der Waals surface area contributed by atoms with E-state index in [0.717, 1.165) is 25.7 Å². The van der Waals surface area contributed by atoms with E-state index in [9.17, 15) is 18.3 Å². The molecule has 0 bridgehead atoms. The number of aryl methyl sites for hydroxylation is 1. The molecule has 0 saturated heterocycles. The molecule has 2 rings (SSSR count). The van der Waals surface area contributed by atoms with Crippen LogP contribution in [0.25, 0.3) is 0 Å². The molecule has 7 heteroatoms. The number of carboxylic acids is 1. The van der Waals surface area contributed by atoms with Crippen LogP contribution >= 0.6 is 0 Å². The average molecular weight is 341 g/mol. The normalized spacial score (nSPS) is 16.1. The van der Waals surface area contributed by atoms with Crippen molar-refractivity contribution in [1.29, 1.82) is 0 Å². The number of sulfonamides is 1. The predicted molar refractivity (Wildman–Crippen MR) is 86.2 cm³/mol. The van der Waals surface area contributed by atoms with Gasteiger partial charge in [-0.1, -0.05) is 18.9 Å². The number of carbonyl (C=O) groups is 1. The molecule has 1 aromatic rings. The molecule has 1 aromatic carbocycles. The molecule has 0 aliphatic heterocycles. The smallest absolute Gasteiger partial charge is 0.335 e. The molecule has 0 atom stereocenters. The van der Waals surface area contributed by atoms with Crippen LogP contribution in [0, 0.1) is 6.92 Å². The van der Waals surface area contributed by atoms with Crippen molar-refractivity contribution >= 4 is 16.0 Å². The van der Waals surface area contributed by atoms with Crippen molar-refractivity contribution in [3.8, 4) is 0 Å². The number of carboxylic acid groups (broad SMARTS) is 1. The summed E-state index contributed by atoms with van der Waals surface area (Å²) in [6.45, 7) is 2.24. The van der Waals surface area contributed by atoms with Gasteiger partial charge in [0.25, 0.3) is 0 Å². The van der Waals surface area contributed by atoms with Crippen molar-refractivity contribution in [2.45, 2.75) is 43.5 Å². The first-order valence-corrected chi connectivity index (χ1v) is 9.16. The lowest BCUT2D eigenvalue weighted by Gasteiger charge is -2.28. The predicted octanol–water partition coefficient (Wildman–Crippen LogP) is 2.27. The van der Waals surface area contributed by atoms with Crippen LogP contribution in [0.15, 0.2) is 23.1 Å². The topological polar surface area (TPSA) is 83.9 Å². The lowest BCUT2D eigenvalue weighted by Crippen LogP contribution is -2.41. The summed E-state index contributed by atoms with van der Waals surface area (Å²) in [5.41, 5.74) is 0.560. The first-order chi connectivity index (χ1) is 10.9. The Bertz CT molecular complexity index is 665. The van der Waals surface area contributed by atoms with Crippen LogP contribution in [0.5, 0.6) is 0 Å². The van der Waals surface area contributed by atoms with Gasteiger partial charge in [-0.3, -0.25) is 0 Å². The van der Waals surface area contributed by atoms with Crippen molar-refractivity contribution in [1.82, 2.24) is 4.31 Å². The third-order valence-corrected chi connectivity index (χ3v) is 6.24. The van der Waals surface area contributed by atoms with Crippen molar-refractivity contribution in [3.05, 3.63) is 29.3 Å². The van der Waals surface area contributed by atoms with E-state index in [2.05, 4.69) is 0 Å². The van der Waals surface area contributed by atoms with Gasteiger partial charge in [0.1, 0.15) is 0 Å². The quantitative estimate of drug-likeness (QED) is 0.822. The van der Waals surface area contributed by atoms with Crippen molar-refractivity contribution in [2.24, 2.45) is 0 Å². The summed E-state index contributed by atoms with van der Waals surface area (Å²) in [5.74, 6) is -1.12. The van der Waals surface area contributed by atoms with Crippen molar-refractivity contribution in [3.63, 3.8) is 0 Å². The zero-order chi connectivity index (χ0) is 17.0. The maximum absolute atomic E-state index is 13.0. The molecule has 0 radical (unpaired) electrons. The molecule has 1 saturated carbocycles. The van der Waals surface area contributed by atoms with Crippen LogP contribution in [0.3, 0.4) is 0 Å². The van der Waals surface area contributed by atoms with Crippen LogP contribution in [0.1, 0.15) is 41.6 Å². The monoisotopic (exact) mass is 341 g/mol. The molecule has 0 unspecified atom stereocenters. The standard InChI is InChI=1S/C16H23NO5S/c1-12-7-8-14(11-15(12)16(18)19)23(20,21)17(9-10-22-2)13-5-3-4-6-13/h7-8,11,13H,3-6,9-10H2,1-2H3,(H,18,19). The zero-order valence-electron chi connectivity index (χ0n) is 13.5. The first-order valence-electron chi connectivity index (χ1n) is 7.72. The molecule has 1 N–H and O–H groups in total. The highest BCUT2D eigenvalue weighted by atomic mass is 32.2. The second-order valence-corrected chi connectivity index (χ2v) is 7.72. The molecule has 6 nitrogen and oxygen atoms in total. The summed E-state index contributed by atoms with van der Waals surface area (Å²) >= 11 is 0. The number of nitrogens with zero attached hydrogens (tertiary/aromatic N) is 1. The molecule has 128 valence electrons. The minimum absolute atomic E-state index is 0.0178. The van der Waals surface area contributed by atoms with Crippen LogP contribution < -0.4 is 0 Å². The Morgan fingerprint density at radius 1 is 1.35 bits per heavy atom. The van der Waals surface area contributed by atoms with Gasteiger partial charge >= 0.3 is 5.97 Å². The molecule has 0 heterocycles. The first kappa shape index (κ1) is 17.9. The Hall–Kier alpha value is -1.44. The molecular formula is C16H23NO5S. The van der Waals surface area contributed by atoms with E-state index in [1.54, 1.807) is 13.0 Å². The summed E-state index contributed by atoms with van der Waals surface area (Å²) in [6.07, 6.45) is 3.69. The van der Waals surface area contributed by atoms with Gasteiger partial charge in [0.15, 0.2) is 0 Å². The van der Waals surface area contributed by atoms with Gasteiger partial charge in [-0.05, 0) is 37.5 Å². The second kappa shape index (κ2) is 7.42. The molecule has 1 aliphatic rings. The summed E-state index contributed by atoms with van der Waals surface area (Å²) in [4.78, 5) is 11.3. The fourth-order valence-electron chi connectivity index (χ4n) is 3.00. The number of benzene rings is 1. The molecule has 1 fully saturated rings. The number of hydrogen-bond donors (Lipinski definition) is 1. The maximum atomic E-state index is 13.0. The van der Waals surface area contributed by atoms with Gasteiger partial charge in [0.2, 0.25) is 10.0 Å². The SMILES string of the molecule is COCCN(C1CCCC1)S(=O)(=O)c1ccc(C)c(C(=O)O)c1. The van der Waals surface area contributed by atoms with Crippen LogP contribution in [0.4, 0.5) is 0 Å². The number of aromatic carboxylic acids is 1. The zero-order valence-corrected chi connectivity index (χ0v) is 14.3. The highest BCUT2D eigenvalue weighted by molar-refractivity contribution is 7.89. The molecule has 0 spiro atoms. The lowest BCUT2D eigenvalue weighted by atomic mass is 10.1. The highest BCUT2D eigenvalue weighted by Gasteiger charge is 2.33. The van der Waals surface area contributed by atoms with E-state index >= 15 is 0 Å². The number of rotatable bonds is 7. The lowest BCUT2D eigenvalue weighted by molar-refractivity contribution is 0.0696. The Morgan fingerprint density at radius 3 is 2.57 bits per heavy atom. The van der Waals surface area contributed by atoms with Gasteiger partial charge in [-0.25, -0.2) is 13.2 Å². The van der Waals surface area contributed by atoms with Gasteiger partial charge in [-0.15, -0.1) is 0 Å². The Morgan fingerprint density at radius 2 is 2.00 bits per heavy atom. The van der Waals surface area contributed by atoms with E-state index in [1.807, 2.05) is 0 Å². The highest BCUT2D eigenvalue weighted by Crippen LogP contribution is 2.29. The summed E-state index contributed by atoms with van der Waals surface area (Å²) < 4.78 is 32.5. The molecule has 0 amide bonds. The Labute approximate surface area is 137 Å². The van der Waals surface area contributed by atoms with E-state index in [-0.39, 0.29) is 23.0 Å². The van der Waals surface area contributed by atoms with Crippen molar-refractivity contribution in [2.75, 3.05) is 20.3 Å². The largest absolute Gasteiger partial charge is 0.478 e. The molecular weight excluding hydrogens is 318 g/mol.